The number of hydrogen-bond donors (Lipinski definition) is 0. The van der Waals surface area contributed by atoms with E-state index >= 15 is 0 Å². The van der Waals surface area contributed by atoms with Crippen molar-refractivity contribution in [2.24, 2.45) is 16.7 Å². The molecule has 5 heteroatoms. The van der Waals surface area contributed by atoms with Gasteiger partial charge in [-0.3, -0.25) is 0 Å². The van der Waals surface area contributed by atoms with Crippen molar-refractivity contribution < 1.29 is 23.7 Å². The number of fused-ring (bicyclic) bond motifs is 2. The zero-order chi connectivity index (χ0) is 19.8. The van der Waals surface area contributed by atoms with Gasteiger partial charge in [0.2, 0.25) is 5.75 Å². The minimum Gasteiger partial charge on any atom is -0.493 e. The minimum atomic E-state index is -0.307. The van der Waals surface area contributed by atoms with E-state index in [2.05, 4.69) is 20.8 Å². The van der Waals surface area contributed by atoms with Crippen LogP contribution in [-0.4, -0.2) is 33.4 Å². The Bertz CT molecular complexity index is 726. The third kappa shape index (κ3) is 3.17. The molecule has 2 aliphatic carbocycles. The van der Waals surface area contributed by atoms with Crippen LogP contribution in [0.15, 0.2) is 18.2 Å². The first-order chi connectivity index (χ1) is 12.8. The maximum atomic E-state index is 12.4. The van der Waals surface area contributed by atoms with Gasteiger partial charge >= 0.3 is 5.97 Å². The van der Waals surface area contributed by atoms with Gasteiger partial charge in [0.15, 0.2) is 11.5 Å². The van der Waals surface area contributed by atoms with Crippen LogP contribution in [0.25, 0.3) is 6.08 Å². The van der Waals surface area contributed by atoms with Gasteiger partial charge in [-0.15, -0.1) is 0 Å². The molecule has 0 radical (unpaired) electrons. The summed E-state index contributed by atoms with van der Waals surface area (Å²) in [6, 6.07) is 3.60. The molecule has 2 fully saturated rings. The fourth-order valence-corrected chi connectivity index (χ4v) is 4.85. The fourth-order valence-electron chi connectivity index (χ4n) is 4.85. The smallest absolute Gasteiger partial charge is 0.331 e. The Morgan fingerprint density at radius 1 is 1.07 bits per heavy atom. The van der Waals surface area contributed by atoms with Crippen molar-refractivity contribution in [3.63, 3.8) is 0 Å². The molecule has 0 unspecified atom stereocenters. The SMILES string of the molecule is COc1cc(/C=C/C(=O)O[C@@H]2C[C@@H]3CC[C@@]2(C)C3(C)C)cc(OC)c1OC. The van der Waals surface area contributed by atoms with Crippen LogP contribution in [0.1, 0.15) is 45.6 Å². The van der Waals surface area contributed by atoms with Gasteiger partial charge in [0.1, 0.15) is 6.10 Å². The number of carbonyl (C=O) groups excluding carboxylic acids is 1. The number of benzene rings is 1. The molecule has 0 saturated heterocycles. The van der Waals surface area contributed by atoms with Crippen LogP contribution in [0.4, 0.5) is 0 Å². The van der Waals surface area contributed by atoms with Crippen molar-refractivity contribution in [2.45, 2.75) is 46.1 Å². The molecule has 0 heterocycles. The second-order valence-electron chi connectivity index (χ2n) is 8.33. The molecule has 0 aliphatic heterocycles. The average Bonchev–Trinajstić information content (AvgIpc) is 2.98. The second-order valence-corrected chi connectivity index (χ2v) is 8.33. The Hall–Kier alpha value is -2.17. The molecule has 2 aliphatic rings. The van der Waals surface area contributed by atoms with E-state index in [4.69, 9.17) is 18.9 Å². The van der Waals surface area contributed by atoms with Crippen LogP contribution in [0.2, 0.25) is 0 Å². The van der Waals surface area contributed by atoms with Crippen molar-refractivity contribution in [3.8, 4) is 17.2 Å². The molecular weight excluding hydrogens is 344 g/mol. The summed E-state index contributed by atoms with van der Waals surface area (Å²) in [7, 11) is 4.69. The van der Waals surface area contributed by atoms with E-state index in [1.807, 2.05) is 0 Å². The molecule has 0 spiro atoms. The van der Waals surface area contributed by atoms with Crippen molar-refractivity contribution >= 4 is 12.0 Å². The minimum absolute atomic E-state index is 0.0108. The Labute approximate surface area is 161 Å². The molecule has 0 amide bonds. The molecule has 27 heavy (non-hydrogen) atoms. The molecule has 1 aromatic rings. The highest BCUT2D eigenvalue weighted by Crippen LogP contribution is 2.66. The lowest BCUT2D eigenvalue weighted by atomic mass is 9.70. The Morgan fingerprint density at radius 3 is 2.15 bits per heavy atom. The molecule has 5 nitrogen and oxygen atoms in total. The van der Waals surface area contributed by atoms with Crippen LogP contribution < -0.4 is 14.2 Å². The van der Waals surface area contributed by atoms with Crippen LogP contribution >= 0.6 is 0 Å². The van der Waals surface area contributed by atoms with E-state index in [9.17, 15) is 4.79 Å². The predicted molar refractivity (Wildman–Crippen MR) is 104 cm³/mol. The standard InChI is InChI=1S/C22H30O5/c1-21(2)15-9-10-22(21,3)18(13-15)27-19(23)8-7-14-11-16(24-4)20(26-6)17(12-14)25-5/h7-8,11-12,15,18H,9-10,13H2,1-6H3/b8-7+/t15-,18+,22+/m0/s1. The molecule has 2 bridgehead atoms. The Kier molecular flexibility index (Phi) is 5.15. The second kappa shape index (κ2) is 7.10. The highest BCUT2D eigenvalue weighted by atomic mass is 16.5. The van der Waals surface area contributed by atoms with Gasteiger partial charge in [0.25, 0.3) is 0 Å². The van der Waals surface area contributed by atoms with Gasteiger partial charge in [-0.05, 0) is 54.4 Å². The van der Waals surface area contributed by atoms with Gasteiger partial charge in [0, 0.05) is 11.5 Å². The monoisotopic (exact) mass is 374 g/mol. The topological polar surface area (TPSA) is 54.0 Å². The summed E-state index contributed by atoms with van der Waals surface area (Å²) in [4.78, 5) is 12.4. The van der Waals surface area contributed by atoms with E-state index in [1.165, 1.54) is 12.5 Å². The number of ether oxygens (including phenoxy) is 4. The van der Waals surface area contributed by atoms with Gasteiger partial charge in [-0.25, -0.2) is 4.79 Å². The van der Waals surface area contributed by atoms with Gasteiger partial charge in [-0.2, -0.15) is 0 Å². The largest absolute Gasteiger partial charge is 0.493 e. The highest BCUT2D eigenvalue weighted by molar-refractivity contribution is 5.87. The Balaban J connectivity index is 1.73. The quantitative estimate of drug-likeness (QED) is 0.543. The molecule has 1 aromatic carbocycles. The lowest BCUT2D eigenvalue weighted by Crippen LogP contribution is -2.38. The van der Waals surface area contributed by atoms with Crippen LogP contribution in [0.5, 0.6) is 17.2 Å². The third-order valence-electron chi connectivity index (χ3n) is 7.07. The molecule has 148 valence electrons. The van der Waals surface area contributed by atoms with Crippen LogP contribution in [0, 0.1) is 16.7 Å². The summed E-state index contributed by atoms with van der Waals surface area (Å²) in [6.07, 6.45) is 6.50. The molecule has 0 aromatic heterocycles. The van der Waals surface area contributed by atoms with E-state index in [1.54, 1.807) is 39.5 Å². The first-order valence-electron chi connectivity index (χ1n) is 9.45. The summed E-state index contributed by atoms with van der Waals surface area (Å²) >= 11 is 0. The van der Waals surface area contributed by atoms with Gasteiger partial charge in [0.05, 0.1) is 21.3 Å². The van der Waals surface area contributed by atoms with Crippen molar-refractivity contribution in [3.05, 3.63) is 23.8 Å². The summed E-state index contributed by atoms with van der Waals surface area (Å²) in [5.41, 5.74) is 1.06. The highest BCUT2D eigenvalue weighted by Gasteiger charge is 2.62. The van der Waals surface area contributed by atoms with E-state index in [-0.39, 0.29) is 22.9 Å². The molecular formula is C22H30O5. The first kappa shape index (κ1) is 19.6. The third-order valence-corrected chi connectivity index (χ3v) is 7.07. The van der Waals surface area contributed by atoms with Crippen LogP contribution in [0.3, 0.4) is 0 Å². The van der Waals surface area contributed by atoms with Crippen molar-refractivity contribution in [1.29, 1.82) is 0 Å². The first-order valence-corrected chi connectivity index (χ1v) is 9.45. The number of esters is 1. The molecule has 3 rings (SSSR count). The van der Waals surface area contributed by atoms with E-state index in [0.717, 1.165) is 18.4 Å². The van der Waals surface area contributed by atoms with Crippen LogP contribution in [-0.2, 0) is 9.53 Å². The maximum Gasteiger partial charge on any atom is 0.331 e. The molecule has 0 N–H and O–H groups in total. The van der Waals surface area contributed by atoms with Crippen molar-refractivity contribution in [1.82, 2.24) is 0 Å². The van der Waals surface area contributed by atoms with E-state index in [0.29, 0.717) is 23.2 Å². The summed E-state index contributed by atoms with van der Waals surface area (Å²) in [5.74, 6) is 1.95. The number of carbonyl (C=O) groups is 1. The lowest BCUT2D eigenvalue weighted by Gasteiger charge is -2.38. The number of hydrogen-bond acceptors (Lipinski definition) is 5. The maximum absolute atomic E-state index is 12.4. The van der Waals surface area contributed by atoms with E-state index < -0.39 is 0 Å². The zero-order valence-electron chi connectivity index (χ0n) is 17.1. The normalized spacial score (nSPS) is 28.4. The zero-order valence-corrected chi connectivity index (χ0v) is 17.1. The lowest BCUT2D eigenvalue weighted by molar-refractivity contribution is -0.150. The molecule has 3 atom stereocenters. The van der Waals surface area contributed by atoms with Gasteiger partial charge < -0.3 is 18.9 Å². The average molecular weight is 374 g/mol. The number of methoxy groups -OCH3 is 3. The summed E-state index contributed by atoms with van der Waals surface area (Å²) in [5, 5.41) is 0. The summed E-state index contributed by atoms with van der Waals surface area (Å²) in [6.45, 7) is 6.88. The fraction of sp³-hybridized carbons (Fsp3) is 0.591. The van der Waals surface area contributed by atoms with Crippen molar-refractivity contribution in [2.75, 3.05) is 21.3 Å². The molecule has 2 saturated carbocycles. The number of rotatable bonds is 6. The Morgan fingerprint density at radius 2 is 1.70 bits per heavy atom. The summed E-state index contributed by atoms with van der Waals surface area (Å²) < 4.78 is 21.9. The van der Waals surface area contributed by atoms with Gasteiger partial charge in [-0.1, -0.05) is 20.8 Å². The predicted octanol–water partition coefficient (Wildman–Crippen LogP) is 4.48.